The third-order valence-corrected chi connectivity index (χ3v) is 7.21. The van der Waals surface area contributed by atoms with Crippen molar-refractivity contribution in [3.63, 3.8) is 0 Å². The fraction of sp³-hybridized carbons (Fsp3) is 0.667. The first-order chi connectivity index (χ1) is 12.5. The minimum Gasteiger partial charge on any atom is -0.493 e. The summed E-state index contributed by atoms with van der Waals surface area (Å²) in [5.74, 6) is 4.29. The van der Waals surface area contributed by atoms with Crippen LogP contribution in [0.5, 0.6) is 11.5 Å². The number of thiocarbonyl (C=S) groups is 1. The maximum absolute atomic E-state index is 5.61. The Morgan fingerprint density at radius 2 is 1.62 bits per heavy atom. The molecule has 0 spiro atoms. The second-order valence-corrected chi connectivity index (χ2v) is 9.08. The Kier molecular flexibility index (Phi) is 4.76. The lowest BCUT2D eigenvalue weighted by atomic mass is 9.48. The predicted octanol–water partition coefficient (Wildman–Crippen LogP) is 4.60. The first-order valence-electron chi connectivity index (χ1n) is 9.81. The predicted molar refractivity (Wildman–Crippen MR) is 109 cm³/mol. The molecule has 4 fully saturated rings. The summed E-state index contributed by atoms with van der Waals surface area (Å²) >= 11 is 5.61. The lowest BCUT2D eigenvalue weighted by molar-refractivity contribution is -0.0671. The summed E-state index contributed by atoms with van der Waals surface area (Å²) in [5.41, 5.74) is 1.36. The topological polar surface area (TPSA) is 42.5 Å². The number of benzene rings is 1. The molecule has 0 amide bonds. The third-order valence-electron chi connectivity index (χ3n) is 6.99. The first kappa shape index (κ1) is 17.9. The van der Waals surface area contributed by atoms with Crippen LogP contribution in [-0.4, -0.2) is 25.4 Å². The molecule has 4 bridgehead atoms. The quantitative estimate of drug-likeness (QED) is 0.738. The average Bonchev–Trinajstić information content (AvgIpc) is 2.60. The van der Waals surface area contributed by atoms with Crippen LogP contribution in [0.15, 0.2) is 18.2 Å². The number of hydrogen-bond acceptors (Lipinski definition) is 3. The Labute approximate surface area is 162 Å². The summed E-state index contributed by atoms with van der Waals surface area (Å²) in [4.78, 5) is 0. The van der Waals surface area contributed by atoms with E-state index in [1.807, 2.05) is 18.2 Å². The van der Waals surface area contributed by atoms with Gasteiger partial charge in [-0.15, -0.1) is 0 Å². The Balaban J connectivity index is 1.40. The van der Waals surface area contributed by atoms with E-state index in [0.717, 1.165) is 29.2 Å². The highest BCUT2D eigenvalue weighted by Gasteiger charge is 2.53. The highest BCUT2D eigenvalue weighted by Crippen LogP contribution is 2.61. The summed E-state index contributed by atoms with van der Waals surface area (Å²) in [6.45, 7) is 2.33. The van der Waals surface area contributed by atoms with Crippen molar-refractivity contribution in [3.05, 3.63) is 18.2 Å². The van der Waals surface area contributed by atoms with Gasteiger partial charge in [-0.3, -0.25) is 0 Å². The lowest BCUT2D eigenvalue weighted by Crippen LogP contribution is -2.56. The van der Waals surface area contributed by atoms with Crippen molar-refractivity contribution in [1.82, 2.24) is 5.32 Å². The van der Waals surface area contributed by atoms with Gasteiger partial charge in [-0.1, -0.05) is 0 Å². The molecule has 4 nitrogen and oxygen atoms in total. The van der Waals surface area contributed by atoms with Crippen LogP contribution in [0.25, 0.3) is 0 Å². The van der Waals surface area contributed by atoms with E-state index >= 15 is 0 Å². The van der Waals surface area contributed by atoms with Gasteiger partial charge in [-0.25, -0.2) is 0 Å². The van der Waals surface area contributed by atoms with Crippen LogP contribution in [0.4, 0.5) is 5.69 Å². The molecule has 4 saturated carbocycles. The van der Waals surface area contributed by atoms with Gasteiger partial charge in [-0.2, -0.15) is 0 Å². The van der Waals surface area contributed by atoms with Crippen molar-refractivity contribution in [2.24, 2.45) is 23.2 Å². The number of anilines is 1. The van der Waals surface area contributed by atoms with Gasteiger partial charge in [0.05, 0.1) is 14.2 Å². The normalized spacial score (nSPS) is 32.8. The molecule has 142 valence electrons. The van der Waals surface area contributed by atoms with Crippen LogP contribution in [0.1, 0.15) is 45.4 Å². The fourth-order valence-electron chi connectivity index (χ4n) is 6.14. The van der Waals surface area contributed by atoms with Crippen molar-refractivity contribution in [3.8, 4) is 11.5 Å². The number of nitrogens with one attached hydrogen (secondary N) is 2. The van der Waals surface area contributed by atoms with Gasteiger partial charge in [0.15, 0.2) is 16.6 Å². The lowest BCUT2D eigenvalue weighted by Gasteiger charge is -2.59. The molecule has 5 heteroatoms. The Bertz CT molecular complexity index is 655. The fourth-order valence-corrected chi connectivity index (χ4v) is 6.43. The highest BCUT2D eigenvalue weighted by molar-refractivity contribution is 7.80. The maximum Gasteiger partial charge on any atom is 0.171 e. The van der Waals surface area contributed by atoms with Crippen molar-refractivity contribution in [2.45, 2.75) is 51.5 Å². The Morgan fingerprint density at radius 1 is 1.04 bits per heavy atom. The van der Waals surface area contributed by atoms with Crippen LogP contribution >= 0.6 is 12.2 Å². The van der Waals surface area contributed by atoms with E-state index in [9.17, 15) is 0 Å². The van der Waals surface area contributed by atoms with Crippen LogP contribution < -0.4 is 20.1 Å². The molecule has 4 aliphatic carbocycles. The summed E-state index contributed by atoms with van der Waals surface area (Å²) < 4.78 is 10.7. The second kappa shape index (κ2) is 6.91. The zero-order chi connectivity index (χ0) is 18.3. The van der Waals surface area contributed by atoms with Gasteiger partial charge in [0, 0.05) is 17.8 Å². The van der Waals surface area contributed by atoms with Crippen LogP contribution in [0, 0.1) is 23.2 Å². The first-order valence-corrected chi connectivity index (χ1v) is 10.2. The zero-order valence-corrected chi connectivity index (χ0v) is 16.8. The summed E-state index contributed by atoms with van der Waals surface area (Å²) in [7, 11) is 3.29. The van der Waals surface area contributed by atoms with E-state index in [0.29, 0.717) is 22.3 Å². The number of ether oxygens (including phenoxy) is 2. The number of rotatable bonds is 5. The van der Waals surface area contributed by atoms with Gasteiger partial charge in [-0.05, 0) is 93.0 Å². The molecule has 26 heavy (non-hydrogen) atoms. The summed E-state index contributed by atoms with van der Waals surface area (Å²) in [5, 5.41) is 7.61. The summed E-state index contributed by atoms with van der Waals surface area (Å²) in [6.07, 6.45) is 8.56. The number of hydrogen-bond donors (Lipinski definition) is 2. The molecule has 0 heterocycles. The van der Waals surface area contributed by atoms with E-state index in [2.05, 4.69) is 17.6 Å². The second-order valence-electron chi connectivity index (χ2n) is 8.67. The SMILES string of the molecule is COc1ccc(NC(=S)NC(C)C23CC4CC(CC(C4)C2)C3)cc1OC. The molecular formula is C21H30N2O2S. The number of methoxy groups -OCH3 is 2. The molecule has 1 aromatic rings. The van der Waals surface area contributed by atoms with Gasteiger partial charge in [0.25, 0.3) is 0 Å². The monoisotopic (exact) mass is 374 g/mol. The highest BCUT2D eigenvalue weighted by atomic mass is 32.1. The van der Waals surface area contributed by atoms with E-state index < -0.39 is 0 Å². The standard InChI is InChI=1S/C21H30N2O2S/c1-13(21-10-14-6-15(11-21)8-16(7-14)12-21)22-20(26)23-17-4-5-18(24-2)19(9-17)25-3/h4-5,9,13-16H,6-8,10-12H2,1-3H3,(H2,22,23,26). The molecule has 0 saturated heterocycles. The van der Waals surface area contributed by atoms with Crippen molar-refractivity contribution in [1.29, 1.82) is 0 Å². The molecular weight excluding hydrogens is 344 g/mol. The zero-order valence-electron chi connectivity index (χ0n) is 16.0. The van der Waals surface area contributed by atoms with E-state index in [1.165, 1.54) is 38.5 Å². The van der Waals surface area contributed by atoms with E-state index in [1.54, 1.807) is 14.2 Å². The minimum absolute atomic E-state index is 0.413. The molecule has 0 aromatic heterocycles. The molecule has 4 aliphatic rings. The Hall–Kier alpha value is -1.49. The molecule has 1 atom stereocenters. The maximum atomic E-state index is 5.61. The van der Waals surface area contributed by atoms with Gasteiger partial charge >= 0.3 is 0 Å². The largest absolute Gasteiger partial charge is 0.493 e. The van der Waals surface area contributed by atoms with Crippen LogP contribution in [0.3, 0.4) is 0 Å². The molecule has 0 radical (unpaired) electrons. The third kappa shape index (κ3) is 3.26. The molecule has 0 aliphatic heterocycles. The van der Waals surface area contributed by atoms with Crippen LogP contribution in [0.2, 0.25) is 0 Å². The van der Waals surface area contributed by atoms with Gasteiger partial charge in [0.1, 0.15) is 0 Å². The molecule has 1 unspecified atom stereocenters. The van der Waals surface area contributed by atoms with Crippen molar-refractivity contribution < 1.29 is 9.47 Å². The van der Waals surface area contributed by atoms with E-state index in [4.69, 9.17) is 21.7 Å². The smallest absolute Gasteiger partial charge is 0.171 e. The minimum atomic E-state index is 0.413. The molecule has 2 N–H and O–H groups in total. The van der Waals surface area contributed by atoms with Gasteiger partial charge in [0.2, 0.25) is 0 Å². The van der Waals surface area contributed by atoms with Gasteiger partial charge < -0.3 is 20.1 Å². The molecule has 1 aromatic carbocycles. The molecule has 5 rings (SSSR count). The Morgan fingerprint density at radius 3 is 2.15 bits per heavy atom. The van der Waals surface area contributed by atoms with Crippen molar-refractivity contribution >= 4 is 23.0 Å². The summed E-state index contributed by atoms with van der Waals surface area (Å²) in [6, 6.07) is 6.19. The average molecular weight is 375 g/mol. The van der Waals surface area contributed by atoms with Crippen LogP contribution in [-0.2, 0) is 0 Å². The van der Waals surface area contributed by atoms with Crippen molar-refractivity contribution in [2.75, 3.05) is 19.5 Å². The van der Waals surface area contributed by atoms with E-state index in [-0.39, 0.29) is 0 Å².